The van der Waals surface area contributed by atoms with Gasteiger partial charge in [0.25, 0.3) is 10.0 Å². The fourth-order valence-electron chi connectivity index (χ4n) is 6.48. The first kappa shape index (κ1) is 40.3. The third-order valence-electron chi connectivity index (χ3n) is 9.57. The van der Waals surface area contributed by atoms with Gasteiger partial charge >= 0.3 is 0 Å². The second-order valence-corrected chi connectivity index (χ2v) is 18.2. The lowest BCUT2D eigenvalue weighted by Crippen LogP contribution is -2.32. The second kappa shape index (κ2) is 19.0. The first-order chi connectivity index (χ1) is 28.3. The minimum absolute atomic E-state index is 0.0193. The van der Waals surface area contributed by atoms with Gasteiger partial charge in [-0.25, -0.2) is 8.42 Å². The third kappa shape index (κ3) is 10.3. The van der Waals surface area contributed by atoms with Gasteiger partial charge in [0.15, 0.2) is 7.14 Å². The molecule has 1 atom stereocenters. The highest BCUT2D eigenvalue weighted by Crippen LogP contribution is 2.43. The van der Waals surface area contributed by atoms with Crippen LogP contribution in [0.5, 0.6) is 17.2 Å². The molecule has 7 aromatic rings. The largest absolute Gasteiger partial charge is 0.491 e. The summed E-state index contributed by atoms with van der Waals surface area (Å²) >= 11 is 0. The van der Waals surface area contributed by atoms with Crippen molar-refractivity contribution in [1.29, 1.82) is 0 Å². The number of nitrogens with one attached hydrogen (secondary N) is 2. The van der Waals surface area contributed by atoms with Crippen molar-refractivity contribution in [2.45, 2.75) is 24.0 Å². The quantitative estimate of drug-likeness (QED) is 0.0553. The van der Waals surface area contributed by atoms with Gasteiger partial charge in [0.05, 0.1) is 10.6 Å². The zero-order chi connectivity index (χ0) is 40.2. The van der Waals surface area contributed by atoms with E-state index < -0.39 is 23.3 Å². The number of sulfonamides is 1. The number of fused-ring (bicyclic) bond motifs is 1. The highest BCUT2D eigenvalue weighted by atomic mass is 32.2. The molecule has 3 N–H and O–H groups in total. The Hall–Kier alpha value is -5.90. The van der Waals surface area contributed by atoms with Crippen molar-refractivity contribution in [2.75, 3.05) is 30.8 Å². The van der Waals surface area contributed by atoms with Crippen LogP contribution >= 0.6 is 7.14 Å². The lowest BCUT2D eigenvalue weighted by Gasteiger charge is -2.20. The number of anilines is 1. The smallest absolute Gasteiger partial charge is 0.262 e. The molecule has 11 heteroatoms. The number of ether oxygens (including phenoxy) is 3. The van der Waals surface area contributed by atoms with Gasteiger partial charge in [-0.2, -0.15) is 0 Å². The van der Waals surface area contributed by atoms with Crippen LogP contribution in [0.25, 0.3) is 10.8 Å². The van der Waals surface area contributed by atoms with Crippen molar-refractivity contribution in [3.63, 3.8) is 0 Å². The Bertz CT molecular complexity index is 2510. The van der Waals surface area contributed by atoms with Gasteiger partial charge in [0.1, 0.15) is 42.9 Å². The van der Waals surface area contributed by atoms with Crippen LogP contribution in [-0.2, 0) is 27.6 Å². The molecular formula is C47H45N2O7PS. The SMILES string of the molecule is O=P(COc1ccc(CCNC[C@H](O)COc2ccc(OCc3ccccc3)c(NS(=O)(=O)c3cccc4ccccc34)c2)cc1)(c1ccccc1)c1ccccc1. The Morgan fingerprint density at radius 1 is 0.621 bits per heavy atom. The summed E-state index contributed by atoms with van der Waals surface area (Å²) in [4.78, 5) is 0.144. The summed E-state index contributed by atoms with van der Waals surface area (Å²) in [5.74, 6) is 1.34. The summed E-state index contributed by atoms with van der Waals surface area (Å²) in [6.07, 6.45) is -0.0632. The van der Waals surface area contributed by atoms with Crippen LogP contribution in [0.2, 0.25) is 0 Å². The van der Waals surface area contributed by atoms with Crippen LogP contribution in [0.1, 0.15) is 11.1 Å². The predicted molar refractivity (Wildman–Crippen MR) is 232 cm³/mol. The zero-order valence-corrected chi connectivity index (χ0v) is 33.5. The molecule has 0 heterocycles. The molecule has 0 aromatic heterocycles. The van der Waals surface area contributed by atoms with E-state index in [1.165, 1.54) is 0 Å². The Morgan fingerprint density at radius 2 is 1.24 bits per heavy atom. The molecule has 0 spiro atoms. The molecule has 0 aliphatic carbocycles. The molecule has 0 radical (unpaired) electrons. The highest BCUT2D eigenvalue weighted by Gasteiger charge is 2.28. The topological polar surface area (TPSA) is 123 Å². The van der Waals surface area contributed by atoms with E-state index in [1.807, 2.05) is 133 Å². The predicted octanol–water partition coefficient (Wildman–Crippen LogP) is 8.14. The monoisotopic (exact) mass is 812 g/mol. The summed E-state index contributed by atoms with van der Waals surface area (Å²) in [7, 11) is -7.03. The van der Waals surface area contributed by atoms with Crippen LogP contribution in [0.3, 0.4) is 0 Å². The molecular weight excluding hydrogens is 768 g/mol. The molecule has 296 valence electrons. The van der Waals surface area contributed by atoms with Crippen LogP contribution in [-0.4, -0.2) is 45.7 Å². The van der Waals surface area contributed by atoms with E-state index in [0.29, 0.717) is 35.6 Å². The minimum Gasteiger partial charge on any atom is -0.491 e. The molecule has 0 amide bonds. The van der Waals surface area contributed by atoms with E-state index >= 15 is 0 Å². The number of rotatable bonds is 19. The van der Waals surface area contributed by atoms with Crippen LogP contribution in [0.15, 0.2) is 181 Å². The van der Waals surface area contributed by atoms with Gasteiger partial charge in [-0.1, -0.05) is 140 Å². The van der Waals surface area contributed by atoms with E-state index in [1.54, 1.807) is 42.5 Å². The molecule has 0 saturated carbocycles. The Labute approximate surface area is 339 Å². The number of hydrogen-bond acceptors (Lipinski definition) is 8. The summed E-state index contributed by atoms with van der Waals surface area (Å²) in [6, 6.07) is 53.6. The van der Waals surface area contributed by atoms with Gasteiger partial charge in [-0.3, -0.25) is 4.72 Å². The van der Waals surface area contributed by atoms with E-state index in [9.17, 15) is 18.1 Å². The Balaban J connectivity index is 0.921. The second-order valence-electron chi connectivity index (χ2n) is 13.8. The highest BCUT2D eigenvalue weighted by molar-refractivity contribution is 7.93. The average Bonchev–Trinajstić information content (AvgIpc) is 3.27. The minimum atomic E-state index is -4.03. The Kier molecular flexibility index (Phi) is 13.2. The van der Waals surface area contributed by atoms with Gasteiger partial charge in [-0.15, -0.1) is 0 Å². The van der Waals surface area contributed by atoms with Gasteiger partial charge < -0.3 is 29.2 Å². The molecule has 0 bridgehead atoms. The van der Waals surface area contributed by atoms with Crippen molar-refractivity contribution < 1.29 is 32.3 Å². The summed E-state index contributed by atoms with van der Waals surface area (Å²) < 4.78 is 62.6. The van der Waals surface area contributed by atoms with Crippen LogP contribution in [0, 0.1) is 0 Å². The third-order valence-corrected chi connectivity index (χ3v) is 13.7. The molecule has 7 rings (SSSR count). The lowest BCUT2D eigenvalue weighted by molar-refractivity contribution is 0.106. The molecule has 0 saturated heterocycles. The number of hydrogen-bond donors (Lipinski definition) is 3. The van der Waals surface area contributed by atoms with Crippen molar-refractivity contribution in [3.05, 3.63) is 187 Å². The fourth-order valence-corrected chi connectivity index (χ4v) is 10.0. The zero-order valence-electron chi connectivity index (χ0n) is 31.8. The molecule has 58 heavy (non-hydrogen) atoms. The molecule has 0 unspecified atom stereocenters. The number of aliphatic hydroxyl groups is 1. The van der Waals surface area contributed by atoms with E-state index in [0.717, 1.165) is 27.1 Å². The van der Waals surface area contributed by atoms with Crippen molar-refractivity contribution in [3.8, 4) is 17.2 Å². The first-order valence-corrected chi connectivity index (χ1v) is 22.4. The standard InChI is InChI=1S/C47H45N2O7PS/c50-39(32-48-30-29-36-23-25-40(26-24-36)56-35-57(51,42-17-6-2-7-18-42)43-19-8-3-9-20-43)34-54-41-27-28-46(55-33-37-13-4-1-5-14-37)45(31-41)49-58(52,53)47-22-12-16-38-15-10-11-21-44(38)47/h1-28,31,39,48-50H,29-30,32-35H2/t39-/m0/s1. The summed E-state index contributed by atoms with van der Waals surface area (Å²) in [5.41, 5.74) is 2.22. The molecule has 7 aromatic carbocycles. The van der Waals surface area contributed by atoms with E-state index in [-0.39, 0.29) is 36.7 Å². The maximum absolute atomic E-state index is 14.3. The maximum atomic E-state index is 14.3. The van der Waals surface area contributed by atoms with Gasteiger partial charge in [-0.05, 0) is 59.8 Å². The summed E-state index contributed by atoms with van der Waals surface area (Å²) in [5, 5.41) is 16.9. The van der Waals surface area contributed by atoms with Crippen LogP contribution < -0.4 is 34.9 Å². The van der Waals surface area contributed by atoms with Gasteiger partial charge in [0.2, 0.25) is 0 Å². The molecule has 0 aliphatic heterocycles. The van der Waals surface area contributed by atoms with Crippen molar-refractivity contribution in [2.24, 2.45) is 0 Å². The molecule has 0 aliphatic rings. The maximum Gasteiger partial charge on any atom is 0.262 e. The first-order valence-electron chi connectivity index (χ1n) is 19.0. The average molecular weight is 813 g/mol. The van der Waals surface area contributed by atoms with E-state index in [2.05, 4.69) is 10.0 Å². The normalized spacial score (nSPS) is 12.2. The Morgan fingerprint density at radius 3 is 1.95 bits per heavy atom. The molecule has 9 nitrogen and oxygen atoms in total. The van der Waals surface area contributed by atoms with Crippen LogP contribution in [0.4, 0.5) is 5.69 Å². The van der Waals surface area contributed by atoms with Crippen molar-refractivity contribution >= 4 is 44.2 Å². The number of benzene rings is 7. The molecule has 0 fully saturated rings. The van der Waals surface area contributed by atoms with Gasteiger partial charge in [0, 0.05) is 28.6 Å². The number of aliphatic hydroxyl groups excluding tert-OH is 1. The van der Waals surface area contributed by atoms with Crippen molar-refractivity contribution in [1.82, 2.24) is 5.32 Å². The van der Waals surface area contributed by atoms with E-state index in [4.69, 9.17) is 14.2 Å². The lowest BCUT2D eigenvalue weighted by atomic mass is 10.1. The summed E-state index contributed by atoms with van der Waals surface area (Å²) in [6.45, 7) is 1.12. The fraction of sp³-hybridized carbons (Fsp3) is 0.149.